The number of carbonyl (C=O) groups excluding carboxylic acids is 2. The summed E-state index contributed by atoms with van der Waals surface area (Å²) in [6.07, 6.45) is 3.84. The van der Waals surface area contributed by atoms with Gasteiger partial charge < -0.3 is 21.4 Å². The van der Waals surface area contributed by atoms with E-state index in [1.54, 1.807) is 30.5 Å². The van der Waals surface area contributed by atoms with Crippen LogP contribution in [0.25, 0.3) is 11.0 Å². The zero-order chi connectivity index (χ0) is 22.3. The first-order chi connectivity index (χ1) is 15.5. The molecule has 2 aromatic carbocycles. The number of benzene rings is 2. The van der Waals surface area contributed by atoms with E-state index in [-0.39, 0.29) is 11.7 Å². The number of halogens is 1. The molecule has 1 fully saturated rings. The Bertz CT molecular complexity index is 1320. The zero-order valence-corrected chi connectivity index (χ0v) is 16.9. The molecule has 8 heteroatoms. The number of aromatic nitrogens is 2. The normalized spacial score (nSPS) is 19.5. The molecule has 0 radical (unpaired) electrons. The van der Waals surface area contributed by atoms with Gasteiger partial charge in [-0.25, -0.2) is 9.37 Å². The minimum Gasteiger partial charge on any atom is -0.369 e. The number of nitrogens with two attached hydrogens (primary N) is 1. The predicted molar refractivity (Wildman–Crippen MR) is 120 cm³/mol. The molecule has 4 aromatic rings. The molecule has 1 aliphatic carbocycles. The number of fused-ring (bicyclic) bond motifs is 1. The first-order valence-electron chi connectivity index (χ1n) is 10.1. The van der Waals surface area contributed by atoms with Crippen LogP contribution in [0, 0.1) is 11.2 Å². The number of nitrogens with zero attached hydrogens (tertiary/aromatic N) is 1. The molecule has 5 N–H and O–H groups in total. The van der Waals surface area contributed by atoms with Gasteiger partial charge >= 0.3 is 0 Å². The number of amides is 2. The molecule has 0 aliphatic heterocycles. The number of hydrogen-bond donors (Lipinski definition) is 4. The molecule has 1 saturated carbocycles. The van der Waals surface area contributed by atoms with E-state index in [1.165, 1.54) is 12.1 Å². The second-order valence-corrected chi connectivity index (χ2v) is 7.90. The van der Waals surface area contributed by atoms with Crippen LogP contribution in [0.15, 0.2) is 73.1 Å². The van der Waals surface area contributed by atoms with Gasteiger partial charge in [-0.05, 0) is 60.5 Å². The lowest BCUT2D eigenvalue weighted by Crippen LogP contribution is -2.37. The second kappa shape index (κ2) is 7.49. The number of nitrogens with one attached hydrogen (secondary N) is 3. The maximum atomic E-state index is 13.2. The molecule has 32 heavy (non-hydrogen) atoms. The van der Waals surface area contributed by atoms with Gasteiger partial charge in [-0.2, -0.15) is 0 Å². The second-order valence-electron chi connectivity index (χ2n) is 7.90. The Hall–Kier alpha value is -4.20. The van der Waals surface area contributed by atoms with Crippen molar-refractivity contribution in [3.8, 4) is 0 Å². The Kier molecular flexibility index (Phi) is 4.62. The summed E-state index contributed by atoms with van der Waals surface area (Å²) in [6, 6.07) is 16.8. The van der Waals surface area contributed by atoms with E-state index >= 15 is 0 Å². The summed E-state index contributed by atoms with van der Waals surface area (Å²) in [5, 5.41) is 7.09. The fourth-order valence-corrected chi connectivity index (χ4v) is 4.10. The van der Waals surface area contributed by atoms with Crippen LogP contribution in [0.3, 0.4) is 0 Å². The van der Waals surface area contributed by atoms with E-state index in [2.05, 4.69) is 20.6 Å². The molecule has 5 rings (SSSR count). The standard InChI is InChI=1S/C24H20FN5O2/c25-15-3-1-14(2-4-15)19-13-24(19,22(26)31)23(32)30-17-7-5-16(6-8-17)29-20-10-12-28-21-18(20)9-11-27-21/h1-12,19H,13H2,(H2,26,31)(H,30,32)(H2,27,28,29). The number of carbonyl (C=O) groups is 2. The summed E-state index contributed by atoms with van der Waals surface area (Å²) in [7, 11) is 0. The van der Waals surface area contributed by atoms with Crippen molar-refractivity contribution in [1.82, 2.24) is 9.97 Å². The monoisotopic (exact) mass is 429 g/mol. The molecule has 2 atom stereocenters. The van der Waals surface area contributed by atoms with E-state index in [4.69, 9.17) is 5.73 Å². The van der Waals surface area contributed by atoms with Crippen LogP contribution in [-0.4, -0.2) is 21.8 Å². The number of primary amides is 1. The smallest absolute Gasteiger partial charge is 0.240 e. The SMILES string of the molecule is NC(=O)C1(C(=O)Nc2ccc(Nc3ccnc4[nH]ccc34)cc2)CC1c1ccc(F)cc1. The van der Waals surface area contributed by atoms with Gasteiger partial charge in [0.15, 0.2) is 0 Å². The highest BCUT2D eigenvalue weighted by Crippen LogP contribution is 2.59. The summed E-state index contributed by atoms with van der Waals surface area (Å²) in [5.41, 5.74) is 8.06. The van der Waals surface area contributed by atoms with Gasteiger partial charge in [0.1, 0.15) is 16.9 Å². The Labute approximate surface area is 182 Å². The van der Waals surface area contributed by atoms with Gasteiger partial charge in [0.2, 0.25) is 11.8 Å². The third kappa shape index (κ3) is 3.35. The van der Waals surface area contributed by atoms with Crippen molar-refractivity contribution in [2.24, 2.45) is 11.1 Å². The topological polar surface area (TPSA) is 113 Å². The minimum absolute atomic E-state index is 0.300. The molecule has 1 aliphatic rings. The average molecular weight is 429 g/mol. The summed E-state index contributed by atoms with van der Waals surface area (Å²) >= 11 is 0. The van der Waals surface area contributed by atoms with Gasteiger partial charge in [-0.3, -0.25) is 9.59 Å². The van der Waals surface area contributed by atoms with Crippen LogP contribution in [-0.2, 0) is 9.59 Å². The van der Waals surface area contributed by atoms with Crippen molar-refractivity contribution in [3.05, 3.63) is 84.4 Å². The number of anilines is 3. The van der Waals surface area contributed by atoms with Gasteiger partial charge in [0.05, 0.1) is 5.69 Å². The van der Waals surface area contributed by atoms with Crippen LogP contribution >= 0.6 is 0 Å². The van der Waals surface area contributed by atoms with E-state index in [9.17, 15) is 14.0 Å². The van der Waals surface area contributed by atoms with E-state index in [0.29, 0.717) is 17.7 Å². The summed E-state index contributed by atoms with van der Waals surface area (Å²) < 4.78 is 13.2. The summed E-state index contributed by atoms with van der Waals surface area (Å²) in [4.78, 5) is 32.5. The van der Waals surface area contributed by atoms with Crippen LogP contribution in [0.2, 0.25) is 0 Å². The summed E-state index contributed by atoms with van der Waals surface area (Å²) in [6.45, 7) is 0. The molecular weight excluding hydrogens is 409 g/mol. The molecule has 2 unspecified atom stereocenters. The number of H-pyrrole nitrogens is 1. The number of aromatic amines is 1. The van der Waals surface area contributed by atoms with E-state index < -0.39 is 17.2 Å². The fraction of sp³-hybridized carbons (Fsp3) is 0.125. The largest absolute Gasteiger partial charge is 0.369 e. The van der Waals surface area contributed by atoms with Crippen LogP contribution in [0.5, 0.6) is 0 Å². The third-order valence-corrected chi connectivity index (χ3v) is 5.96. The van der Waals surface area contributed by atoms with Crippen molar-refractivity contribution < 1.29 is 14.0 Å². The molecular formula is C24H20FN5O2. The number of hydrogen-bond acceptors (Lipinski definition) is 4. The molecule has 0 saturated heterocycles. The Morgan fingerprint density at radius 2 is 1.75 bits per heavy atom. The molecule has 7 nitrogen and oxygen atoms in total. The molecule has 160 valence electrons. The number of pyridine rings is 1. The lowest BCUT2D eigenvalue weighted by atomic mass is 9.97. The van der Waals surface area contributed by atoms with Crippen molar-refractivity contribution in [3.63, 3.8) is 0 Å². The average Bonchev–Trinajstić information content (AvgIpc) is 3.37. The Morgan fingerprint density at radius 3 is 2.47 bits per heavy atom. The zero-order valence-electron chi connectivity index (χ0n) is 16.9. The molecule has 2 heterocycles. The van der Waals surface area contributed by atoms with Crippen molar-refractivity contribution >= 4 is 39.9 Å². The predicted octanol–water partition coefficient (Wildman–Crippen LogP) is 4.04. The van der Waals surface area contributed by atoms with Crippen LogP contribution < -0.4 is 16.4 Å². The van der Waals surface area contributed by atoms with Crippen molar-refractivity contribution in [2.75, 3.05) is 10.6 Å². The maximum absolute atomic E-state index is 13.2. The number of rotatable bonds is 6. The molecule has 2 amide bonds. The fourth-order valence-electron chi connectivity index (χ4n) is 4.10. The highest BCUT2D eigenvalue weighted by atomic mass is 19.1. The molecule has 0 spiro atoms. The lowest BCUT2D eigenvalue weighted by Gasteiger charge is -2.15. The van der Waals surface area contributed by atoms with Crippen LogP contribution in [0.1, 0.15) is 17.9 Å². The van der Waals surface area contributed by atoms with Crippen molar-refractivity contribution in [1.29, 1.82) is 0 Å². The Balaban J connectivity index is 1.30. The summed E-state index contributed by atoms with van der Waals surface area (Å²) in [5.74, 6) is -1.88. The van der Waals surface area contributed by atoms with Crippen LogP contribution in [0.4, 0.5) is 21.5 Å². The van der Waals surface area contributed by atoms with Crippen molar-refractivity contribution in [2.45, 2.75) is 12.3 Å². The van der Waals surface area contributed by atoms with E-state index in [1.807, 2.05) is 30.5 Å². The van der Waals surface area contributed by atoms with Gasteiger partial charge in [0, 0.05) is 35.1 Å². The molecule has 2 aromatic heterocycles. The van der Waals surface area contributed by atoms with Gasteiger partial charge in [-0.1, -0.05) is 12.1 Å². The Morgan fingerprint density at radius 1 is 1.03 bits per heavy atom. The first kappa shape index (κ1) is 19.7. The van der Waals surface area contributed by atoms with E-state index in [0.717, 1.165) is 22.4 Å². The third-order valence-electron chi connectivity index (χ3n) is 5.96. The molecule has 0 bridgehead atoms. The minimum atomic E-state index is -1.33. The highest BCUT2D eigenvalue weighted by Gasteiger charge is 2.65. The van der Waals surface area contributed by atoms with Gasteiger partial charge in [-0.15, -0.1) is 0 Å². The first-order valence-corrected chi connectivity index (χ1v) is 10.1. The quantitative estimate of drug-likeness (QED) is 0.346. The lowest BCUT2D eigenvalue weighted by molar-refractivity contribution is -0.132. The maximum Gasteiger partial charge on any atom is 0.240 e. The van der Waals surface area contributed by atoms with Gasteiger partial charge in [0.25, 0.3) is 0 Å². The highest BCUT2D eigenvalue weighted by molar-refractivity contribution is 6.14.